The van der Waals surface area contributed by atoms with Gasteiger partial charge in [-0.05, 0) is 50.0 Å². The molecule has 1 unspecified atom stereocenters. The molecule has 0 spiro atoms. The summed E-state index contributed by atoms with van der Waals surface area (Å²) in [5, 5.41) is 0.645. The predicted octanol–water partition coefficient (Wildman–Crippen LogP) is 4.15. The highest BCUT2D eigenvalue weighted by molar-refractivity contribution is 6.31. The minimum atomic E-state index is -0.101. The lowest BCUT2D eigenvalue weighted by Gasteiger charge is -2.38. The van der Waals surface area contributed by atoms with Gasteiger partial charge in [0, 0.05) is 36.3 Å². The number of allylic oxidation sites excluding steroid dienone is 1. The van der Waals surface area contributed by atoms with Crippen LogP contribution in [0.2, 0.25) is 5.02 Å². The van der Waals surface area contributed by atoms with Crippen molar-refractivity contribution in [1.82, 2.24) is 14.9 Å². The standard InChI is InChI=1S/C25H32ClN5O3/c1-6-17-10-31(25-22(14(17)2)24(27)28-13-29-25)16(4)18-9-20(26)15(3)19-11-30(21(32)12-33-5)7-8-34-23(18)19/h9,13,16H,6-8,10-12H2,1-5H3,(H2,27,28,29). The SMILES string of the molecule is CCC1=C(C)c2c(N)ncnc2N(C(C)c2cc(Cl)c(C)c3c2OCCN(C(=O)COC)C3)C1. The topological polar surface area (TPSA) is 93.8 Å². The molecule has 2 aromatic rings. The van der Waals surface area contributed by atoms with Crippen LogP contribution in [-0.2, 0) is 16.1 Å². The van der Waals surface area contributed by atoms with Gasteiger partial charge in [0.2, 0.25) is 5.91 Å². The minimum Gasteiger partial charge on any atom is -0.491 e. The van der Waals surface area contributed by atoms with Crippen molar-refractivity contribution in [2.75, 3.05) is 44.0 Å². The number of carbonyl (C=O) groups is 1. The number of aromatic nitrogens is 2. The summed E-state index contributed by atoms with van der Waals surface area (Å²) in [5.74, 6) is 2.01. The number of anilines is 2. The number of hydrogen-bond acceptors (Lipinski definition) is 7. The Labute approximate surface area is 205 Å². The van der Waals surface area contributed by atoms with E-state index in [-0.39, 0.29) is 18.6 Å². The number of hydrogen-bond donors (Lipinski definition) is 1. The number of nitrogens with two attached hydrogens (primary N) is 1. The van der Waals surface area contributed by atoms with E-state index in [4.69, 9.17) is 26.8 Å². The zero-order chi connectivity index (χ0) is 24.6. The first-order chi connectivity index (χ1) is 16.3. The van der Waals surface area contributed by atoms with E-state index >= 15 is 0 Å². The second kappa shape index (κ2) is 9.80. The molecule has 2 N–H and O–H groups in total. The number of methoxy groups -OCH3 is 1. The molecule has 2 aliphatic rings. The molecule has 0 bridgehead atoms. The summed E-state index contributed by atoms with van der Waals surface area (Å²) in [6.45, 7) is 10.4. The lowest BCUT2D eigenvalue weighted by atomic mass is 9.92. The molecule has 0 fully saturated rings. The summed E-state index contributed by atoms with van der Waals surface area (Å²) in [6, 6.07) is 1.88. The second-order valence-electron chi connectivity index (χ2n) is 8.82. The van der Waals surface area contributed by atoms with E-state index < -0.39 is 0 Å². The summed E-state index contributed by atoms with van der Waals surface area (Å²) >= 11 is 6.72. The zero-order valence-electron chi connectivity index (χ0n) is 20.4. The Bertz CT molecular complexity index is 1150. The fourth-order valence-corrected chi connectivity index (χ4v) is 5.07. The van der Waals surface area contributed by atoms with Crippen molar-refractivity contribution in [2.24, 2.45) is 0 Å². The molecule has 0 saturated heterocycles. The van der Waals surface area contributed by atoms with Crippen molar-refractivity contribution in [3.63, 3.8) is 0 Å². The molecular formula is C25H32ClN5O3. The highest BCUT2D eigenvalue weighted by Crippen LogP contribution is 2.44. The Morgan fingerprint density at radius 1 is 1.32 bits per heavy atom. The van der Waals surface area contributed by atoms with Gasteiger partial charge >= 0.3 is 0 Å². The molecule has 1 amide bonds. The van der Waals surface area contributed by atoms with Gasteiger partial charge in [0.1, 0.15) is 36.9 Å². The zero-order valence-corrected chi connectivity index (χ0v) is 21.2. The smallest absolute Gasteiger partial charge is 0.248 e. The van der Waals surface area contributed by atoms with Crippen molar-refractivity contribution in [3.8, 4) is 5.75 Å². The summed E-state index contributed by atoms with van der Waals surface area (Å²) in [6.07, 6.45) is 2.42. The highest BCUT2D eigenvalue weighted by atomic mass is 35.5. The molecule has 9 heteroatoms. The average molecular weight is 486 g/mol. The minimum absolute atomic E-state index is 0.0371. The van der Waals surface area contributed by atoms with Crippen LogP contribution in [0, 0.1) is 6.92 Å². The number of carbonyl (C=O) groups excluding carboxylic acids is 1. The Hall–Kier alpha value is -2.84. The maximum atomic E-state index is 12.6. The van der Waals surface area contributed by atoms with Crippen molar-refractivity contribution < 1.29 is 14.3 Å². The van der Waals surface area contributed by atoms with E-state index in [1.165, 1.54) is 19.0 Å². The van der Waals surface area contributed by atoms with Crippen LogP contribution >= 0.6 is 11.6 Å². The van der Waals surface area contributed by atoms with Crippen LogP contribution in [0.15, 0.2) is 18.0 Å². The predicted molar refractivity (Wildman–Crippen MR) is 134 cm³/mol. The van der Waals surface area contributed by atoms with Crippen LogP contribution in [0.25, 0.3) is 5.57 Å². The molecule has 0 saturated carbocycles. The van der Waals surface area contributed by atoms with Crippen LogP contribution in [-0.4, -0.2) is 54.2 Å². The molecule has 1 atom stereocenters. The number of amides is 1. The Morgan fingerprint density at radius 3 is 2.79 bits per heavy atom. The fraction of sp³-hybridized carbons (Fsp3) is 0.480. The van der Waals surface area contributed by atoms with E-state index in [2.05, 4.69) is 35.6 Å². The van der Waals surface area contributed by atoms with Gasteiger partial charge in [-0.2, -0.15) is 0 Å². The van der Waals surface area contributed by atoms with Crippen LogP contribution in [0.4, 0.5) is 11.6 Å². The highest BCUT2D eigenvalue weighted by Gasteiger charge is 2.33. The number of ether oxygens (including phenoxy) is 2. The molecule has 0 radical (unpaired) electrons. The maximum absolute atomic E-state index is 12.6. The third kappa shape index (κ3) is 4.20. The molecular weight excluding hydrogens is 454 g/mol. The van der Waals surface area contributed by atoms with Crippen LogP contribution in [0.5, 0.6) is 5.75 Å². The lowest BCUT2D eigenvalue weighted by Crippen LogP contribution is -2.35. The molecule has 1 aromatic carbocycles. The summed E-state index contributed by atoms with van der Waals surface area (Å²) in [4.78, 5) is 25.4. The van der Waals surface area contributed by atoms with Gasteiger partial charge in [0.05, 0.1) is 18.2 Å². The molecule has 2 aliphatic heterocycles. The number of benzene rings is 1. The number of halogens is 1. The number of rotatable bonds is 5. The van der Waals surface area contributed by atoms with Crippen molar-refractivity contribution in [2.45, 2.75) is 46.7 Å². The second-order valence-corrected chi connectivity index (χ2v) is 9.23. The first-order valence-corrected chi connectivity index (χ1v) is 11.9. The van der Waals surface area contributed by atoms with E-state index in [0.717, 1.165) is 52.4 Å². The fourth-order valence-electron chi connectivity index (χ4n) is 4.83. The van der Waals surface area contributed by atoms with Gasteiger partial charge in [-0.25, -0.2) is 9.97 Å². The summed E-state index contributed by atoms with van der Waals surface area (Å²) in [5.41, 5.74) is 12.4. The van der Waals surface area contributed by atoms with Gasteiger partial charge in [-0.15, -0.1) is 0 Å². The molecule has 3 heterocycles. The Balaban J connectivity index is 1.80. The largest absolute Gasteiger partial charge is 0.491 e. The lowest BCUT2D eigenvalue weighted by molar-refractivity contribution is -0.135. The van der Waals surface area contributed by atoms with Crippen molar-refractivity contribution in [3.05, 3.63) is 45.2 Å². The van der Waals surface area contributed by atoms with Gasteiger partial charge in [0.25, 0.3) is 0 Å². The third-order valence-electron chi connectivity index (χ3n) is 6.95. The first-order valence-electron chi connectivity index (χ1n) is 11.6. The van der Waals surface area contributed by atoms with E-state index in [1.54, 1.807) is 4.90 Å². The monoisotopic (exact) mass is 485 g/mol. The molecule has 0 aliphatic carbocycles. The summed E-state index contributed by atoms with van der Waals surface area (Å²) < 4.78 is 11.3. The number of nitrogens with zero attached hydrogens (tertiary/aromatic N) is 4. The van der Waals surface area contributed by atoms with Crippen LogP contribution < -0.4 is 15.4 Å². The molecule has 182 valence electrons. The normalized spacial score (nSPS) is 16.5. The van der Waals surface area contributed by atoms with Crippen LogP contribution in [0.3, 0.4) is 0 Å². The van der Waals surface area contributed by atoms with Gasteiger partial charge in [-0.1, -0.05) is 18.5 Å². The molecule has 4 rings (SSSR count). The molecule has 1 aromatic heterocycles. The van der Waals surface area contributed by atoms with Gasteiger partial charge in [0.15, 0.2) is 0 Å². The van der Waals surface area contributed by atoms with Gasteiger partial charge < -0.3 is 25.0 Å². The van der Waals surface area contributed by atoms with Crippen molar-refractivity contribution >= 4 is 34.7 Å². The molecule has 8 nitrogen and oxygen atoms in total. The quantitative estimate of drug-likeness (QED) is 0.679. The number of nitrogen functional groups attached to an aromatic ring is 1. The summed E-state index contributed by atoms with van der Waals surface area (Å²) in [7, 11) is 1.52. The average Bonchev–Trinajstić information content (AvgIpc) is 3.05. The number of fused-ring (bicyclic) bond motifs is 2. The van der Waals surface area contributed by atoms with Crippen LogP contribution in [0.1, 0.15) is 55.5 Å². The third-order valence-corrected chi connectivity index (χ3v) is 7.34. The Kier molecular flexibility index (Phi) is 7.00. The molecule has 34 heavy (non-hydrogen) atoms. The van der Waals surface area contributed by atoms with E-state index in [0.29, 0.717) is 30.5 Å². The Morgan fingerprint density at radius 2 is 2.09 bits per heavy atom. The van der Waals surface area contributed by atoms with E-state index in [9.17, 15) is 4.79 Å². The van der Waals surface area contributed by atoms with Gasteiger partial charge in [-0.3, -0.25) is 4.79 Å². The maximum Gasteiger partial charge on any atom is 0.248 e. The van der Waals surface area contributed by atoms with E-state index in [1.807, 2.05) is 13.0 Å². The van der Waals surface area contributed by atoms with Crippen molar-refractivity contribution in [1.29, 1.82) is 0 Å². The first kappa shape index (κ1) is 24.3.